The first-order valence-corrected chi connectivity index (χ1v) is 5.38. The molecule has 0 unspecified atom stereocenters. The topological polar surface area (TPSA) is 68.4 Å². The van der Waals surface area contributed by atoms with E-state index in [0.717, 1.165) is 0 Å². The lowest BCUT2D eigenvalue weighted by molar-refractivity contribution is -0.137. The quantitative estimate of drug-likeness (QED) is 0.626. The second-order valence-electron chi connectivity index (χ2n) is 3.13. The first-order valence-electron chi connectivity index (χ1n) is 5.38. The van der Waals surface area contributed by atoms with Crippen LogP contribution in [0, 0.1) is 0 Å². The van der Waals surface area contributed by atoms with Crippen molar-refractivity contribution in [1.29, 1.82) is 0 Å². The Balaban J connectivity index is 2.62. The Kier molecular flexibility index (Phi) is 5.00. The summed E-state index contributed by atoms with van der Waals surface area (Å²) in [5.74, 6) is -0.830. The number of aromatic nitrogens is 1. The van der Waals surface area contributed by atoms with Crippen LogP contribution in [0.25, 0.3) is 6.08 Å². The molecule has 0 atom stereocenters. The molecule has 0 bridgehead atoms. The van der Waals surface area contributed by atoms with Gasteiger partial charge in [0.25, 0.3) is 0 Å². The van der Waals surface area contributed by atoms with Gasteiger partial charge in [-0.1, -0.05) is 0 Å². The van der Waals surface area contributed by atoms with Crippen molar-refractivity contribution >= 4 is 18.0 Å². The van der Waals surface area contributed by atoms with Crippen molar-refractivity contribution in [3.05, 3.63) is 29.6 Å². The molecule has 0 aliphatic rings. The Morgan fingerprint density at radius 3 is 2.59 bits per heavy atom. The number of hydrogen-bond acceptors (Lipinski definition) is 4. The maximum Gasteiger partial charge on any atom is 0.354 e. The molecule has 1 aromatic rings. The van der Waals surface area contributed by atoms with Crippen LogP contribution in [-0.2, 0) is 14.3 Å². The molecule has 0 fully saturated rings. The summed E-state index contributed by atoms with van der Waals surface area (Å²) in [6.45, 7) is 4.13. The van der Waals surface area contributed by atoms with Gasteiger partial charge in [-0.25, -0.2) is 9.59 Å². The maximum atomic E-state index is 11.3. The molecule has 0 radical (unpaired) electrons. The number of carbonyl (C=O) groups is 2. The summed E-state index contributed by atoms with van der Waals surface area (Å²) < 4.78 is 9.54. The molecule has 5 nitrogen and oxygen atoms in total. The van der Waals surface area contributed by atoms with Gasteiger partial charge in [-0.15, -0.1) is 0 Å². The predicted octanol–water partition coefficient (Wildman–Crippen LogP) is 1.77. The van der Waals surface area contributed by atoms with Gasteiger partial charge in [-0.3, -0.25) is 0 Å². The molecule has 0 spiro atoms. The number of rotatable bonds is 5. The van der Waals surface area contributed by atoms with E-state index >= 15 is 0 Å². The van der Waals surface area contributed by atoms with E-state index in [1.54, 1.807) is 32.1 Å². The van der Waals surface area contributed by atoms with Crippen LogP contribution in [0.4, 0.5) is 0 Å². The monoisotopic (exact) mass is 237 g/mol. The van der Waals surface area contributed by atoms with Gasteiger partial charge in [0.15, 0.2) is 0 Å². The second kappa shape index (κ2) is 6.52. The molecule has 0 amide bonds. The lowest BCUT2D eigenvalue weighted by Crippen LogP contribution is -2.04. The van der Waals surface area contributed by atoms with Crippen LogP contribution in [0.2, 0.25) is 0 Å². The third-order valence-electron chi connectivity index (χ3n) is 1.89. The predicted molar refractivity (Wildman–Crippen MR) is 62.4 cm³/mol. The van der Waals surface area contributed by atoms with Gasteiger partial charge >= 0.3 is 11.9 Å². The van der Waals surface area contributed by atoms with E-state index in [1.807, 2.05) is 0 Å². The van der Waals surface area contributed by atoms with Crippen LogP contribution in [0.1, 0.15) is 30.0 Å². The fourth-order valence-electron chi connectivity index (χ4n) is 1.19. The number of carbonyl (C=O) groups excluding carboxylic acids is 2. The highest BCUT2D eigenvalue weighted by atomic mass is 16.5. The fourth-order valence-corrected chi connectivity index (χ4v) is 1.19. The lowest BCUT2D eigenvalue weighted by Gasteiger charge is -1.97. The van der Waals surface area contributed by atoms with Crippen molar-refractivity contribution in [3.8, 4) is 0 Å². The highest BCUT2D eigenvalue weighted by molar-refractivity contribution is 5.89. The Morgan fingerprint density at radius 1 is 1.24 bits per heavy atom. The highest BCUT2D eigenvalue weighted by Crippen LogP contribution is 2.05. The van der Waals surface area contributed by atoms with Gasteiger partial charge < -0.3 is 14.5 Å². The van der Waals surface area contributed by atoms with Crippen LogP contribution in [0.3, 0.4) is 0 Å². The minimum atomic E-state index is -0.417. The summed E-state index contributed by atoms with van der Waals surface area (Å²) >= 11 is 0. The van der Waals surface area contributed by atoms with Gasteiger partial charge in [0.05, 0.1) is 13.2 Å². The van der Waals surface area contributed by atoms with E-state index in [9.17, 15) is 9.59 Å². The van der Waals surface area contributed by atoms with Crippen molar-refractivity contribution in [1.82, 2.24) is 4.98 Å². The van der Waals surface area contributed by atoms with Crippen molar-refractivity contribution < 1.29 is 19.1 Å². The molecule has 0 aliphatic heterocycles. The third kappa shape index (κ3) is 4.14. The van der Waals surface area contributed by atoms with E-state index in [2.05, 4.69) is 4.98 Å². The van der Waals surface area contributed by atoms with Gasteiger partial charge in [-0.2, -0.15) is 0 Å². The minimum Gasteiger partial charge on any atom is -0.463 e. The van der Waals surface area contributed by atoms with Gasteiger partial charge in [0.2, 0.25) is 0 Å². The Hall–Kier alpha value is -2.04. The molecule has 0 aromatic carbocycles. The van der Waals surface area contributed by atoms with E-state index in [-0.39, 0.29) is 0 Å². The number of esters is 2. The van der Waals surface area contributed by atoms with E-state index < -0.39 is 11.9 Å². The average molecular weight is 237 g/mol. The number of ether oxygens (including phenoxy) is 2. The van der Waals surface area contributed by atoms with Crippen molar-refractivity contribution in [2.24, 2.45) is 0 Å². The standard InChI is InChI=1S/C12H15NO4/c1-3-16-11(14)8-6-9-5-7-10(13-9)12(15)17-4-2/h5-8,13H,3-4H2,1-2H3/b8-6-. The fraction of sp³-hybridized carbons (Fsp3) is 0.333. The SMILES string of the molecule is CCOC(=O)/C=C\c1ccc(C(=O)OCC)[nH]1. The van der Waals surface area contributed by atoms with Gasteiger partial charge in [0, 0.05) is 11.8 Å². The summed E-state index contributed by atoms with van der Waals surface area (Å²) in [5, 5.41) is 0. The summed E-state index contributed by atoms with van der Waals surface area (Å²) in [5.41, 5.74) is 0.997. The van der Waals surface area contributed by atoms with E-state index in [0.29, 0.717) is 24.6 Å². The molecular formula is C12H15NO4. The normalized spacial score (nSPS) is 10.5. The van der Waals surface area contributed by atoms with Crippen molar-refractivity contribution in [2.45, 2.75) is 13.8 Å². The van der Waals surface area contributed by atoms with Crippen LogP contribution < -0.4 is 0 Å². The largest absolute Gasteiger partial charge is 0.463 e. The summed E-state index contributed by atoms with van der Waals surface area (Å²) in [6, 6.07) is 3.28. The lowest BCUT2D eigenvalue weighted by atomic mass is 10.4. The highest BCUT2D eigenvalue weighted by Gasteiger charge is 2.07. The molecule has 17 heavy (non-hydrogen) atoms. The number of nitrogens with one attached hydrogen (secondary N) is 1. The molecule has 1 rings (SSSR count). The molecule has 5 heteroatoms. The zero-order valence-corrected chi connectivity index (χ0v) is 9.86. The van der Waals surface area contributed by atoms with Crippen LogP contribution in [0.5, 0.6) is 0 Å². The zero-order valence-electron chi connectivity index (χ0n) is 9.86. The van der Waals surface area contributed by atoms with Crippen LogP contribution >= 0.6 is 0 Å². The van der Waals surface area contributed by atoms with Crippen molar-refractivity contribution in [2.75, 3.05) is 13.2 Å². The zero-order chi connectivity index (χ0) is 12.7. The molecule has 0 saturated heterocycles. The molecule has 0 saturated carbocycles. The average Bonchev–Trinajstić information content (AvgIpc) is 2.76. The molecule has 0 aliphatic carbocycles. The van der Waals surface area contributed by atoms with Gasteiger partial charge in [0.1, 0.15) is 5.69 Å². The van der Waals surface area contributed by atoms with Gasteiger partial charge in [-0.05, 0) is 32.1 Å². The Labute approximate surface area is 99.4 Å². The van der Waals surface area contributed by atoms with Crippen LogP contribution in [0.15, 0.2) is 18.2 Å². The van der Waals surface area contributed by atoms with E-state index in [4.69, 9.17) is 9.47 Å². The van der Waals surface area contributed by atoms with Crippen molar-refractivity contribution in [3.63, 3.8) is 0 Å². The second-order valence-corrected chi connectivity index (χ2v) is 3.13. The third-order valence-corrected chi connectivity index (χ3v) is 1.89. The molecule has 1 aromatic heterocycles. The summed E-state index contributed by atoms with van der Waals surface area (Å²) in [6.07, 6.45) is 2.84. The number of aromatic amines is 1. The van der Waals surface area contributed by atoms with E-state index in [1.165, 1.54) is 6.08 Å². The first kappa shape index (κ1) is 13.0. The summed E-state index contributed by atoms with van der Waals surface area (Å²) in [7, 11) is 0. The molecule has 1 heterocycles. The maximum absolute atomic E-state index is 11.3. The Bertz CT molecular complexity index is 420. The molecular weight excluding hydrogens is 222 g/mol. The Morgan fingerprint density at radius 2 is 1.94 bits per heavy atom. The smallest absolute Gasteiger partial charge is 0.354 e. The first-order chi connectivity index (χ1) is 8.17. The summed E-state index contributed by atoms with van der Waals surface area (Å²) in [4.78, 5) is 25.2. The molecule has 92 valence electrons. The number of H-pyrrole nitrogens is 1. The molecule has 1 N–H and O–H groups in total. The van der Waals surface area contributed by atoms with Crippen LogP contribution in [-0.4, -0.2) is 30.1 Å². The minimum absolute atomic E-state index is 0.325. The number of hydrogen-bond donors (Lipinski definition) is 1.